The van der Waals surface area contributed by atoms with E-state index in [-0.39, 0.29) is 18.1 Å². The zero-order valence-electron chi connectivity index (χ0n) is 16.8. The summed E-state index contributed by atoms with van der Waals surface area (Å²) in [7, 11) is 0. The minimum atomic E-state index is -0.558. The minimum Gasteiger partial charge on any atom is -0.452 e. The summed E-state index contributed by atoms with van der Waals surface area (Å²) in [5.41, 5.74) is 1.65. The van der Waals surface area contributed by atoms with Crippen molar-refractivity contribution in [2.75, 3.05) is 6.61 Å². The summed E-state index contributed by atoms with van der Waals surface area (Å²) in [5, 5.41) is 9.38. The van der Waals surface area contributed by atoms with Crippen molar-refractivity contribution < 1.29 is 14.3 Å². The van der Waals surface area contributed by atoms with Crippen molar-refractivity contribution in [3.05, 3.63) is 65.2 Å². The molecule has 0 spiro atoms. The van der Waals surface area contributed by atoms with Gasteiger partial charge in [-0.25, -0.2) is 4.79 Å². The number of aromatic nitrogens is 2. The molecule has 0 unspecified atom stereocenters. The third-order valence-electron chi connectivity index (χ3n) is 4.62. The van der Waals surface area contributed by atoms with E-state index in [1.54, 1.807) is 10.9 Å². The Morgan fingerprint density at radius 3 is 2.59 bits per heavy atom. The Kier molecular flexibility index (Phi) is 6.49. The van der Waals surface area contributed by atoms with Gasteiger partial charge in [-0.3, -0.25) is 9.48 Å². The van der Waals surface area contributed by atoms with Crippen LogP contribution in [0, 0.1) is 0 Å². The van der Waals surface area contributed by atoms with Gasteiger partial charge < -0.3 is 10.1 Å². The molecule has 2 aromatic heterocycles. The predicted molar refractivity (Wildman–Crippen MR) is 114 cm³/mol. The maximum atomic E-state index is 12.7. The number of ether oxygens (including phenoxy) is 1. The molecule has 7 heteroatoms. The van der Waals surface area contributed by atoms with Crippen molar-refractivity contribution in [1.82, 2.24) is 15.1 Å². The van der Waals surface area contributed by atoms with E-state index >= 15 is 0 Å². The summed E-state index contributed by atoms with van der Waals surface area (Å²) in [5.74, 6) is -0.878. The number of benzene rings is 1. The average Bonchev–Trinajstić information content (AvgIpc) is 3.36. The van der Waals surface area contributed by atoms with Gasteiger partial charge in [0.2, 0.25) is 0 Å². The number of rotatable bonds is 8. The van der Waals surface area contributed by atoms with Crippen LogP contribution in [0.1, 0.15) is 43.1 Å². The minimum absolute atomic E-state index is 0.320. The van der Waals surface area contributed by atoms with Gasteiger partial charge in [0, 0.05) is 11.7 Å². The first kappa shape index (κ1) is 20.8. The number of hydrogen-bond donors (Lipinski definition) is 1. The second kappa shape index (κ2) is 9.05. The van der Waals surface area contributed by atoms with E-state index in [0.717, 1.165) is 16.9 Å². The highest BCUT2D eigenvalue weighted by atomic mass is 32.1. The highest BCUT2D eigenvalue weighted by Crippen LogP contribution is 2.27. The number of hydrogen-bond acceptors (Lipinski definition) is 5. The first-order chi connectivity index (χ1) is 13.9. The lowest BCUT2D eigenvalue weighted by Crippen LogP contribution is -2.44. The number of nitrogens with zero attached hydrogens (tertiary/aromatic N) is 2. The summed E-state index contributed by atoms with van der Waals surface area (Å²) in [6.07, 6.45) is 2.46. The van der Waals surface area contributed by atoms with E-state index in [1.807, 2.05) is 68.6 Å². The standard InChI is InChI=1S/C22H25N3O3S/c1-4-22(2,3)23-19(26)15-28-21(27)17-14-25(13-16-9-6-5-7-10-16)24-20(17)18-11-8-12-29-18/h5-12,14H,4,13,15H2,1-3H3,(H,23,26). The van der Waals surface area contributed by atoms with E-state index < -0.39 is 5.97 Å². The highest BCUT2D eigenvalue weighted by molar-refractivity contribution is 7.13. The molecule has 0 bridgehead atoms. The van der Waals surface area contributed by atoms with Crippen molar-refractivity contribution in [3.8, 4) is 10.6 Å². The Morgan fingerprint density at radius 2 is 1.93 bits per heavy atom. The van der Waals surface area contributed by atoms with E-state index in [2.05, 4.69) is 10.4 Å². The molecule has 29 heavy (non-hydrogen) atoms. The third kappa shape index (κ3) is 5.54. The molecule has 6 nitrogen and oxygen atoms in total. The molecule has 0 saturated carbocycles. The molecule has 0 aliphatic carbocycles. The maximum Gasteiger partial charge on any atom is 0.342 e. The molecule has 1 aromatic carbocycles. The first-order valence-electron chi connectivity index (χ1n) is 9.51. The number of carbonyl (C=O) groups excluding carboxylic acids is 2. The normalized spacial score (nSPS) is 11.3. The summed E-state index contributed by atoms with van der Waals surface area (Å²) in [6, 6.07) is 13.7. The fraction of sp³-hybridized carbons (Fsp3) is 0.318. The highest BCUT2D eigenvalue weighted by Gasteiger charge is 2.23. The van der Waals surface area contributed by atoms with Crippen molar-refractivity contribution in [3.63, 3.8) is 0 Å². The molecule has 0 radical (unpaired) electrons. The molecule has 0 atom stereocenters. The van der Waals surface area contributed by atoms with Crippen molar-refractivity contribution in [1.29, 1.82) is 0 Å². The van der Waals surface area contributed by atoms with Crippen LogP contribution in [-0.2, 0) is 16.1 Å². The average molecular weight is 412 g/mol. The van der Waals surface area contributed by atoms with Gasteiger partial charge in [-0.05, 0) is 37.3 Å². The molecule has 1 N–H and O–H groups in total. The molecule has 2 heterocycles. The zero-order chi connectivity index (χ0) is 20.9. The van der Waals surface area contributed by atoms with Gasteiger partial charge in [-0.2, -0.15) is 5.10 Å². The van der Waals surface area contributed by atoms with E-state index in [1.165, 1.54) is 11.3 Å². The number of thiophene rings is 1. The van der Waals surface area contributed by atoms with Gasteiger partial charge in [0.1, 0.15) is 11.3 Å². The molecule has 3 aromatic rings. The van der Waals surface area contributed by atoms with Gasteiger partial charge in [0.15, 0.2) is 6.61 Å². The molecule has 152 valence electrons. The van der Waals surface area contributed by atoms with Crippen LogP contribution in [-0.4, -0.2) is 33.8 Å². The fourth-order valence-corrected chi connectivity index (χ4v) is 3.45. The number of esters is 1. The van der Waals surface area contributed by atoms with Crippen LogP contribution in [0.3, 0.4) is 0 Å². The number of nitrogens with one attached hydrogen (secondary N) is 1. The third-order valence-corrected chi connectivity index (χ3v) is 5.50. The number of amides is 1. The lowest BCUT2D eigenvalue weighted by Gasteiger charge is -2.24. The van der Waals surface area contributed by atoms with Crippen molar-refractivity contribution in [2.24, 2.45) is 0 Å². The Hall–Kier alpha value is -2.93. The predicted octanol–water partition coefficient (Wildman–Crippen LogP) is 4.12. The second-order valence-electron chi connectivity index (χ2n) is 7.41. The smallest absolute Gasteiger partial charge is 0.342 e. The van der Waals surface area contributed by atoms with E-state index in [0.29, 0.717) is 17.8 Å². The van der Waals surface area contributed by atoms with Crippen molar-refractivity contribution >= 4 is 23.2 Å². The molecule has 1 amide bonds. The monoisotopic (exact) mass is 411 g/mol. The molecular formula is C22H25N3O3S. The summed E-state index contributed by atoms with van der Waals surface area (Å²) < 4.78 is 7.01. The number of carbonyl (C=O) groups is 2. The molecule has 3 rings (SSSR count). The van der Waals surface area contributed by atoms with Crippen LogP contribution >= 0.6 is 11.3 Å². The second-order valence-corrected chi connectivity index (χ2v) is 8.36. The van der Waals surface area contributed by atoms with Crippen LogP contribution in [0.25, 0.3) is 10.6 Å². The zero-order valence-corrected chi connectivity index (χ0v) is 17.7. The Morgan fingerprint density at radius 1 is 1.17 bits per heavy atom. The van der Waals surface area contributed by atoms with Gasteiger partial charge in [-0.1, -0.05) is 43.3 Å². The SMILES string of the molecule is CCC(C)(C)NC(=O)COC(=O)c1cn(Cc2ccccc2)nc1-c1cccs1. The van der Waals surface area contributed by atoms with Crippen LogP contribution in [0.5, 0.6) is 0 Å². The fourth-order valence-electron chi connectivity index (χ4n) is 2.73. The lowest BCUT2D eigenvalue weighted by atomic mass is 10.0. The molecule has 0 saturated heterocycles. The van der Waals surface area contributed by atoms with Gasteiger partial charge >= 0.3 is 5.97 Å². The quantitative estimate of drug-likeness (QED) is 0.566. The topological polar surface area (TPSA) is 73.2 Å². The molecular weight excluding hydrogens is 386 g/mol. The summed E-state index contributed by atoms with van der Waals surface area (Å²) in [4.78, 5) is 25.7. The van der Waals surface area contributed by atoms with Crippen molar-refractivity contribution in [2.45, 2.75) is 39.3 Å². The molecule has 0 aliphatic rings. The summed E-state index contributed by atoms with van der Waals surface area (Å²) >= 11 is 1.50. The Labute approximate surface area is 174 Å². The van der Waals surface area contributed by atoms with Gasteiger partial charge in [-0.15, -0.1) is 11.3 Å². The largest absolute Gasteiger partial charge is 0.452 e. The van der Waals surface area contributed by atoms with E-state index in [4.69, 9.17) is 4.74 Å². The lowest BCUT2D eigenvalue weighted by molar-refractivity contribution is -0.125. The summed E-state index contributed by atoms with van der Waals surface area (Å²) in [6.45, 7) is 6.05. The Bertz CT molecular complexity index is 963. The van der Waals surface area contributed by atoms with Gasteiger partial charge in [0.05, 0.1) is 11.4 Å². The van der Waals surface area contributed by atoms with Crippen LogP contribution in [0.2, 0.25) is 0 Å². The first-order valence-corrected chi connectivity index (χ1v) is 10.4. The van der Waals surface area contributed by atoms with Crippen LogP contribution in [0.4, 0.5) is 0 Å². The Balaban J connectivity index is 1.76. The van der Waals surface area contributed by atoms with Crippen LogP contribution < -0.4 is 5.32 Å². The van der Waals surface area contributed by atoms with Crippen LogP contribution in [0.15, 0.2) is 54.0 Å². The maximum absolute atomic E-state index is 12.7. The molecule has 0 fully saturated rings. The molecule has 0 aliphatic heterocycles. The van der Waals surface area contributed by atoms with E-state index in [9.17, 15) is 9.59 Å². The van der Waals surface area contributed by atoms with Gasteiger partial charge in [0.25, 0.3) is 5.91 Å².